The molecule has 1 amide bonds. The summed E-state index contributed by atoms with van der Waals surface area (Å²) in [5.74, 6) is 1.38. The van der Waals surface area contributed by atoms with E-state index in [0.29, 0.717) is 23.1 Å². The number of nitrogens with zero attached hydrogens (tertiary/aromatic N) is 2. The highest BCUT2D eigenvalue weighted by Crippen LogP contribution is 2.27. The number of hydrogen-bond donors (Lipinski definition) is 2. The van der Waals surface area contributed by atoms with E-state index in [9.17, 15) is 4.79 Å². The second-order valence-corrected chi connectivity index (χ2v) is 6.23. The minimum Gasteiger partial charge on any atom is -0.497 e. The van der Waals surface area contributed by atoms with Crippen molar-refractivity contribution in [1.29, 1.82) is 0 Å². The molecule has 0 aliphatic carbocycles. The Kier molecular flexibility index (Phi) is 5.74. The van der Waals surface area contributed by atoms with Gasteiger partial charge in [-0.25, -0.2) is 9.97 Å². The van der Waals surface area contributed by atoms with Crippen LogP contribution in [0.25, 0.3) is 0 Å². The summed E-state index contributed by atoms with van der Waals surface area (Å²) in [6.45, 7) is 3.79. The summed E-state index contributed by atoms with van der Waals surface area (Å²) < 4.78 is 10.5. The fourth-order valence-electron chi connectivity index (χ4n) is 2.65. The summed E-state index contributed by atoms with van der Waals surface area (Å²) in [5.41, 5.74) is 3.38. The van der Waals surface area contributed by atoms with Crippen molar-refractivity contribution in [2.75, 3.05) is 24.9 Å². The van der Waals surface area contributed by atoms with E-state index in [1.807, 2.05) is 32.0 Å². The summed E-state index contributed by atoms with van der Waals surface area (Å²) in [6, 6.07) is 14.5. The summed E-state index contributed by atoms with van der Waals surface area (Å²) in [5, 5.41) is 5.96. The topological polar surface area (TPSA) is 85.4 Å². The minimum atomic E-state index is -0.324. The molecule has 7 heteroatoms. The fourth-order valence-corrected chi connectivity index (χ4v) is 2.65. The van der Waals surface area contributed by atoms with E-state index in [0.717, 1.165) is 17.0 Å². The van der Waals surface area contributed by atoms with Gasteiger partial charge in [-0.1, -0.05) is 6.07 Å². The van der Waals surface area contributed by atoms with Crippen molar-refractivity contribution >= 4 is 23.2 Å². The average Bonchev–Trinajstić information content (AvgIpc) is 2.68. The van der Waals surface area contributed by atoms with Crippen molar-refractivity contribution in [3.63, 3.8) is 0 Å². The molecule has 28 heavy (non-hydrogen) atoms. The van der Waals surface area contributed by atoms with Gasteiger partial charge in [-0.15, -0.1) is 0 Å². The number of carbonyl (C=O) groups is 1. The first kappa shape index (κ1) is 19.2. The van der Waals surface area contributed by atoms with Crippen LogP contribution in [0.4, 0.5) is 17.3 Å². The maximum atomic E-state index is 12.6. The Morgan fingerprint density at radius 3 is 2.36 bits per heavy atom. The number of amides is 1. The molecule has 0 saturated carbocycles. The third-order valence-electron chi connectivity index (χ3n) is 4.04. The van der Waals surface area contributed by atoms with Crippen LogP contribution in [0.2, 0.25) is 0 Å². The van der Waals surface area contributed by atoms with Crippen LogP contribution < -0.4 is 20.1 Å². The van der Waals surface area contributed by atoms with E-state index < -0.39 is 0 Å². The van der Waals surface area contributed by atoms with Gasteiger partial charge >= 0.3 is 0 Å². The summed E-state index contributed by atoms with van der Waals surface area (Å²) in [7, 11) is 3.19. The first-order valence-electron chi connectivity index (χ1n) is 8.71. The summed E-state index contributed by atoms with van der Waals surface area (Å²) >= 11 is 0. The average molecular weight is 378 g/mol. The smallest absolute Gasteiger partial charge is 0.274 e. The molecule has 3 aromatic rings. The van der Waals surface area contributed by atoms with Gasteiger partial charge in [0.25, 0.3) is 5.91 Å². The predicted octanol–water partition coefficient (Wildman–Crippen LogP) is 4.11. The van der Waals surface area contributed by atoms with Gasteiger partial charge < -0.3 is 20.1 Å². The maximum absolute atomic E-state index is 12.6. The van der Waals surface area contributed by atoms with Gasteiger partial charge in [0, 0.05) is 11.4 Å². The van der Waals surface area contributed by atoms with Crippen molar-refractivity contribution in [1.82, 2.24) is 9.97 Å². The molecule has 0 aliphatic heterocycles. The lowest BCUT2D eigenvalue weighted by molar-refractivity contribution is 0.102. The van der Waals surface area contributed by atoms with Gasteiger partial charge in [-0.05, 0) is 61.9 Å². The van der Waals surface area contributed by atoms with E-state index in [1.54, 1.807) is 44.6 Å². The molecule has 2 aromatic carbocycles. The van der Waals surface area contributed by atoms with Crippen LogP contribution in [-0.4, -0.2) is 30.1 Å². The number of aryl methyl sites for hydroxylation is 2. The van der Waals surface area contributed by atoms with Gasteiger partial charge in [-0.3, -0.25) is 4.79 Å². The summed E-state index contributed by atoms with van der Waals surface area (Å²) in [6.07, 6.45) is 0. The van der Waals surface area contributed by atoms with Crippen LogP contribution in [0.3, 0.4) is 0 Å². The normalized spacial score (nSPS) is 10.3. The molecule has 7 nitrogen and oxygen atoms in total. The van der Waals surface area contributed by atoms with Gasteiger partial charge in [-0.2, -0.15) is 0 Å². The zero-order valence-electron chi connectivity index (χ0n) is 16.2. The number of methoxy groups -OCH3 is 2. The van der Waals surface area contributed by atoms with Crippen molar-refractivity contribution < 1.29 is 14.3 Å². The molecule has 0 fully saturated rings. The van der Waals surface area contributed by atoms with Gasteiger partial charge in [0.15, 0.2) is 0 Å². The second kappa shape index (κ2) is 8.39. The Bertz CT molecular complexity index is 987. The molecule has 1 aromatic heterocycles. The van der Waals surface area contributed by atoms with E-state index in [4.69, 9.17) is 9.47 Å². The van der Waals surface area contributed by atoms with Crippen LogP contribution in [0.15, 0.2) is 48.5 Å². The Morgan fingerprint density at radius 2 is 1.68 bits per heavy atom. The van der Waals surface area contributed by atoms with Crippen LogP contribution in [0, 0.1) is 13.8 Å². The van der Waals surface area contributed by atoms with E-state index in [-0.39, 0.29) is 11.6 Å². The Balaban J connectivity index is 1.82. The van der Waals surface area contributed by atoms with Crippen molar-refractivity contribution in [3.05, 3.63) is 65.5 Å². The third kappa shape index (κ3) is 4.56. The van der Waals surface area contributed by atoms with E-state index in [2.05, 4.69) is 20.6 Å². The number of aromatic nitrogens is 2. The monoisotopic (exact) mass is 378 g/mol. The Morgan fingerprint density at radius 1 is 0.929 bits per heavy atom. The van der Waals surface area contributed by atoms with Gasteiger partial charge in [0.05, 0.1) is 19.9 Å². The molecule has 2 N–H and O–H groups in total. The third-order valence-corrected chi connectivity index (χ3v) is 4.04. The maximum Gasteiger partial charge on any atom is 0.274 e. The zero-order valence-corrected chi connectivity index (χ0v) is 16.2. The Labute approximate surface area is 163 Å². The van der Waals surface area contributed by atoms with Crippen molar-refractivity contribution in [3.8, 4) is 11.5 Å². The number of hydrogen-bond acceptors (Lipinski definition) is 6. The highest BCUT2D eigenvalue weighted by Gasteiger charge is 2.13. The molecule has 0 aliphatic rings. The SMILES string of the molecule is COc1ccc(NC(=O)c2cc(C)nc(Nc3cc(C)ccc3OC)n2)cc1. The number of nitrogens with one attached hydrogen (secondary N) is 2. The van der Waals surface area contributed by atoms with Crippen LogP contribution >= 0.6 is 0 Å². The van der Waals surface area contributed by atoms with Gasteiger partial charge in [0.1, 0.15) is 17.2 Å². The molecule has 144 valence electrons. The number of ether oxygens (including phenoxy) is 2. The highest BCUT2D eigenvalue weighted by molar-refractivity contribution is 6.03. The highest BCUT2D eigenvalue weighted by atomic mass is 16.5. The fraction of sp³-hybridized carbons (Fsp3) is 0.190. The standard InChI is InChI=1S/C21H22N4O3/c1-13-5-10-19(28-4)17(11-13)24-21-22-14(2)12-18(25-21)20(26)23-15-6-8-16(27-3)9-7-15/h5-12H,1-4H3,(H,23,26)(H,22,24,25). The van der Waals surface area contributed by atoms with Crippen LogP contribution in [-0.2, 0) is 0 Å². The second-order valence-electron chi connectivity index (χ2n) is 6.23. The summed E-state index contributed by atoms with van der Waals surface area (Å²) in [4.78, 5) is 21.3. The van der Waals surface area contributed by atoms with Crippen LogP contribution in [0.5, 0.6) is 11.5 Å². The molecule has 0 saturated heterocycles. The lowest BCUT2D eigenvalue weighted by Crippen LogP contribution is -2.15. The molecule has 0 radical (unpaired) electrons. The number of anilines is 3. The molecular weight excluding hydrogens is 356 g/mol. The molecule has 0 bridgehead atoms. The molecule has 1 heterocycles. The lowest BCUT2D eigenvalue weighted by atomic mass is 10.2. The largest absolute Gasteiger partial charge is 0.497 e. The van der Waals surface area contributed by atoms with E-state index in [1.165, 1.54) is 0 Å². The quantitative estimate of drug-likeness (QED) is 0.671. The van der Waals surface area contributed by atoms with Crippen molar-refractivity contribution in [2.45, 2.75) is 13.8 Å². The first-order valence-corrected chi connectivity index (χ1v) is 8.71. The van der Waals surface area contributed by atoms with Crippen molar-refractivity contribution in [2.24, 2.45) is 0 Å². The molecular formula is C21H22N4O3. The minimum absolute atomic E-state index is 0.262. The number of rotatable bonds is 6. The predicted molar refractivity (Wildman–Crippen MR) is 109 cm³/mol. The molecule has 0 atom stereocenters. The number of carbonyl (C=O) groups excluding carboxylic acids is 1. The molecule has 3 rings (SSSR count). The van der Waals surface area contributed by atoms with Crippen LogP contribution in [0.1, 0.15) is 21.7 Å². The van der Waals surface area contributed by atoms with Gasteiger partial charge in [0.2, 0.25) is 5.95 Å². The lowest BCUT2D eigenvalue weighted by Gasteiger charge is -2.12. The number of benzene rings is 2. The first-order chi connectivity index (χ1) is 13.5. The molecule has 0 spiro atoms. The Hall–Kier alpha value is -3.61. The zero-order chi connectivity index (χ0) is 20.1. The van der Waals surface area contributed by atoms with E-state index >= 15 is 0 Å². The molecule has 0 unspecified atom stereocenters.